The largest absolute Gasteiger partial charge is 0.380 e. The third-order valence-corrected chi connectivity index (χ3v) is 2.87. The van der Waals surface area contributed by atoms with Crippen molar-refractivity contribution in [3.63, 3.8) is 0 Å². The van der Waals surface area contributed by atoms with Gasteiger partial charge in [0.2, 0.25) is 0 Å². The summed E-state index contributed by atoms with van der Waals surface area (Å²) in [5, 5.41) is 0. The van der Waals surface area contributed by atoms with Crippen LogP contribution >= 0.6 is 0 Å². The fourth-order valence-corrected chi connectivity index (χ4v) is 1.83. The normalized spacial score (nSPS) is 27.6. The fraction of sp³-hybridized carbons (Fsp3) is 1.00. The van der Waals surface area contributed by atoms with Crippen LogP contribution in [0.1, 0.15) is 20.8 Å². The molecule has 1 rings (SSSR count). The van der Waals surface area contributed by atoms with Gasteiger partial charge in [-0.15, -0.1) is 0 Å². The molecule has 0 saturated carbocycles. The third kappa shape index (κ3) is 4.78. The molecule has 1 heterocycles. The van der Waals surface area contributed by atoms with Crippen molar-refractivity contribution >= 4 is 0 Å². The summed E-state index contributed by atoms with van der Waals surface area (Å²) in [6.07, 6.45) is 0.196. The topological polar surface area (TPSA) is 47.7 Å². The Morgan fingerprint density at radius 3 is 2.88 bits per heavy atom. The van der Waals surface area contributed by atoms with E-state index in [1.165, 1.54) is 0 Å². The second-order valence-electron chi connectivity index (χ2n) is 5.00. The summed E-state index contributed by atoms with van der Waals surface area (Å²) in [7, 11) is 0. The van der Waals surface area contributed by atoms with Gasteiger partial charge in [0.1, 0.15) is 0 Å². The molecular weight excluding hydrogens is 204 g/mol. The minimum Gasteiger partial charge on any atom is -0.380 e. The smallest absolute Gasteiger partial charge is 0.0824 e. The van der Waals surface area contributed by atoms with E-state index in [0.29, 0.717) is 18.5 Å². The summed E-state index contributed by atoms with van der Waals surface area (Å²) in [5.41, 5.74) is 5.62. The lowest BCUT2D eigenvalue weighted by molar-refractivity contribution is -0.0614. The van der Waals surface area contributed by atoms with Crippen LogP contribution in [0.25, 0.3) is 0 Å². The van der Waals surface area contributed by atoms with E-state index in [9.17, 15) is 0 Å². The Labute approximate surface area is 99.1 Å². The van der Waals surface area contributed by atoms with E-state index in [4.69, 9.17) is 15.2 Å². The van der Waals surface area contributed by atoms with Crippen molar-refractivity contribution in [2.45, 2.75) is 32.9 Å². The molecule has 4 nitrogen and oxygen atoms in total. The highest BCUT2D eigenvalue weighted by Crippen LogP contribution is 2.10. The van der Waals surface area contributed by atoms with Crippen LogP contribution < -0.4 is 5.73 Å². The molecule has 1 fully saturated rings. The van der Waals surface area contributed by atoms with Crippen molar-refractivity contribution in [3.05, 3.63) is 0 Å². The van der Waals surface area contributed by atoms with Gasteiger partial charge in [-0.1, -0.05) is 13.8 Å². The molecule has 1 aliphatic rings. The fourth-order valence-electron chi connectivity index (χ4n) is 1.83. The summed E-state index contributed by atoms with van der Waals surface area (Å²) in [6, 6.07) is 0.477. The summed E-state index contributed by atoms with van der Waals surface area (Å²) in [5.74, 6) is 0.610. The minimum absolute atomic E-state index is 0.196. The van der Waals surface area contributed by atoms with E-state index in [1.54, 1.807) is 0 Å². The van der Waals surface area contributed by atoms with Crippen LogP contribution in [0.2, 0.25) is 0 Å². The van der Waals surface area contributed by atoms with Crippen molar-refractivity contribution in [1.29, 1.82) is 0 Å². The summed E-state index contributed by atoms with van der Waals surface area (Å²) in [6.45, 7) is 11.5. The zero-order valence-electron chi connectivity index (χ0n) is 10.8. The highest BCUT2D eigenvalue weighted by Gasteiger charge is 2.24. The first-order chi connectivity index (χ1) is 7.63. The predicted molar refractivity (Wildman–Crippen MR) is 65.5 cm³/mol. The second-order valence-corrected chi connectivity index (χ2v) is 5.00. The Kier molecular flexibility index (Phi) is 6.28. The van der Waals surface area contributed by atoms with E-state index in [2.05, 4.69) is 25.7 Å². The van der Waals surface area contributed by atoms with Crippen LogP contribution in [-0.2, 0) is 9.47 Å². The molecule has 2 unspecified atom stereocenters. The molecule has 0 aromatic carbocycles. The maximum absolute atomic E-state index is 5.62. The summed E-state index contributed by atoms with van der Waals surface area (Å²) >= 11 is 0. The number of morpholine rings is 1. The number of hydrogen-bond acceptors (Lipinski definition) is 4. The maximum atomic E-state index is 5.62. The van der Waals surface area contributed by atoms with Crippen LogP contribution in [0.3, 0.4) is 0 Å². The van der Waals surface area contributed by atoms with Gasteiger partial charge in [0.25, 0.3) is 0 Å². The van der Waals surface area contributed by atoms with Crippen LogP contribution in [-0.4, -0.2) is 56.5 Å². The number of rotatable bonds is 6. The van der Waals surface area contributed by atoms with E-state index in [1.807, 2.05) is 0 Å². The van der Waals surface area contributed by atoms with Gasteiger partial charge in [-0.2, -0.15) is 0 Å². The standard InChI is InChI=1S/C12H26N2O2/c1-10(2)8-15-5-4-14-7-12(6-13)16-9-11(14)3/h10-12H,4-9,13H2,1-3H3. The summed E-state index contributed by atoms with van der Waals surface area (Å²) in [4.78, 5) is 2.40. The molecule has 2 atom stereocenters. The predicted octanol–water partition coefficient (Wildman–Crippen LogP) is 0.707. The average molecular weight is 230 g/mol. The van der Waals surface area contributed by atoms with Crippen molar-refractivity contribution in [2.24, 2.45) is 11.7 Å². The molecule has 1 saturated heterocycles. The monoisotopic (exact) mass is 230 g/mol. The highest BCUT2D eigenvalue weighted by atomic mass is 16.5. The van der Waals surface area contributed by atoms with Gasteiger partial charge in [-0.3, -0.25) is 4.90 Å². The average Bonchev–Trinajstić information content (AvgIpc) is 2.26. The zero-order valence-corrected chi connectivity index (χ0v) is 10.8. The lowest BCUT2D eigenvalue weighted by atomic mass is 10.2. The molecule has 0 spiro atoms. The lowest BCUT2D eigenvalue weighted by Crippen LogP contribution is -2.51. The molecule has 0 aliphatic carbocycles. The van der Waals surface area contributed by atoms with Crippen molar-refractivity contribution < 1.29 is 9.47 Å². The van der Waals surface area contributed by atoms with Crippen molar-refractivity contribution in [2.75, 3.05) is 39.5 Å². The zero-order chi connectivity index (χ0) is 12.0. The Bertz CT molecular complexity index is 188. The Morgan fingerprint density at radius 1 is 1.50 bits per heavy atom. The summed E-state index contributed by atoms with van der Waals surface area (Å²) < 4.78 is 11.2. The molecule has 0 amide bonds. The lowest BCUT2D eigenvalue weighted by Gasteiger charge is -2.37. The first kappa shape index (κ1) is 13.9. The van der Waals surface area contributed by atoms with Crippen LogP contribution in [0, 0.1) is 5.92 Å². The van der Waals surface area contributed by atoms with Gasteiger partial charge in [0.15, 0.2) is 0 Å². The molecule has 2 N–H and O–H groups in total. The van der Waals surface area contributed by atoms with Gasteiger partial charge in [-0.05, 0) is 12.8 Å². The number of nitrogens with zero attached hydrogens (tertiary/aromatic N) is 1. The molecule has 1 aliphatic heterocycles. The quantitative estimate of drug-likeness (QED) is 0.683. The van der Waals surface area contributed by atoms with Gasteiger partial charge in [0.05, 0.1) is 19.3 Å². The molecule has 0 radical (unpaired) electrons. The SMILES string of the molecule is CC(C)COCCN1CC(CN)OCC1C. The molecule has 0 aromatic heterocycles. The van der Waals surface area contributed by atoms with Crippen LogP contribution in [0.4, 0.5) is 0 Å². The molecule has 4 heteroatoms. The second kappa shape index (κ2) is 7.22. The van der Waals surface area contributed by atoms with Gasteiger partial charge < -0.3 is 15.2 Å². The Balaban J connectivity index is 2.18. The van der Waals surface area contributed by atoms with E-state index < -0.39 is 0 Å². The molecular formula is C12H26N2O2. The molecule has 0 aromatic rings. The number of hydrogen-bond donors (Lipinski definition) is 1. The number of nitrogens with two attached hydrogens (primary N) is 1. The Hall–Kier alpha value is -0.160. The van der Waals surface area contributed by atoms with E-state index in [-0.39, 0.29) is 6.10 Å². The maximum Gasteiger partial charge on any atom is 0.0824 e. The number of ether oxygens (including phenoxy) is 2. The van der Waals surface area contributed by atoms with Crippen molar-refractivity contribution in [3.8, 4) is 0 Å². The van der Waals surface area contributed by atoms with Crippen molar-refractivity contribution in [1.82, 2.24) is 4.90 Å². The van der Waals surface area contributed by atoms with Gasteiger partial charge in [0, 0.05) is 32.3 Å². The first-order valence-corrected chi connectivity index (χ1v) is 6.27. The molecule has 96 valence electrons. The molecule has 16 heavy (non-hydrogen) atoms. The highest BCUT2D eigenvalue weighted by molar-refractivity contribution is 4.77. The van der Waals surface area contributed by atoms with E-state index in [0.717, 1.165) is 32.9 Å². The van der Waals surface area contributed by atoms with Crippen LogP contribution in [0.15, 0.2) is 0 Å². The molecule has 0 bridgehead atoms. The van der Waals surface area contributed by atoms with Crippen LogP contribution in [0.5, 0.6) is 0 Å². The van der Waals surface area contributed by atoms with E-state index >= 15 is 0 Å². The third-order valence-electron chi connectivity index (χ3n) is 2.87. The minimum atomic E-state index is 0.196. The Morgan fingerprint density at radius 2 is 2.25 bits per heavy atom. The van der Waals surface area contributed by atoms with Gasteiger partial charge in [-0.25, -0.2) is 0 Å². The van der Waals surface area contributed by atoms with Gasteiger partial charge >= 0.3 is 0 Å². The first-order valence-electron chi connectivity index (χ1n) is 6.27.